The molecule has 0 saturated heterocycles. The molecule has 3 aromatic carbocycles. The normalized spacial score (nSPS) is 12.1. The Labute approximate surface area is 164 Å². The van der Waals surface area contributed by atoms with Crippen LogP contribution < -0.4 is 19.5 Å². The maximum Gasteiger partial charge on any atom is 0.231 e. The molecule has 0 spiro atoms. The van der Waals surface area contributed by atoms with Crippen molar-refractivity contribution in [3.63, 3.8) is 0 Å². The first-order valence-electron chi connectivity index (χ1n) is 8.03. The molecule has 26 heavy (non-hydrogen) atoms. The van der Waals surface area contributed by atoms with E-state index in [-0.39, 0.29) is 6.79 Å². The molecule has 1 heterocycles. The minimum atomic E-state index is 0.252. The summed E-state index contributed by atoms with van der Waals surface area (Å²) in [5.41, 5.74) is 1.85. The van der Waals surface area contributed by atoms with E-state index < -0.39 is 0 Å². The van der Waals surface area contributed by atoms with Gasteiger partial charge in [0.1, 0.15) is 5.75 Å². The molecule has 0 fully saturated rings. The van der Waals surface area contributed by atoms with Crippen molar-refractivity contribution in [3.8, 4) is 23.0 Å². The third-order valence-corrected chi connectivity index (χ3v) is 4.90. The SMILES string of the molecule is Clc1ccc(Oc2ccccc2)c(NCc2cc3c(cc2Br)OCO3)c1. The average molecular weight is 433 g/mol. The molecule has 4 nitrogen and oxygen atoms in total. The second-order valence-corrected chi connectivity index (χ2v) is 7.00. The van der Waals surface area contributed by atoms with Gasteiger partial charge in [0.25, 0.3) is 0 Å². The van der Waals surface area contributed by atoms with Gasteiger partial charge in [-0.2, -0.15) is 0 Å². The van der Waals surface area contributed by atoms with Crippen molar-refractivity contribution in [3.05, 3.63) is 75.7 Å². The van der Waals surface area contributed by atoms with Crippen molar-refractivity contribution in [1.82, 2.24) is 0 Å². The van der Waals surface area contributed by atoms with Crippen LogP contribution in [0.4, 0.5) is 5.69 Å². The fourth-order valence-electron chi connectivity index (χ4n) is 2.63. The Morgan fingerprint density at radius 1 is 1.00 bits per heavy atom. The van der Waals surface area contributed by atoms with Crippen molar-refractivity contribution in [1.29, 1.82) is 0 Å². The zero-order valence-corrected chi connectivity index (χ0v) is 16.0. The van der Waals surface area contributed by atoms with Crippen molar-refractivity contribution in [2.24, 2.45) is 0 Å². The monoisotopic (exact) mass is 431 g/mol. The summed E-state index contributed by atoms with van der Waals surface area (Å²) >= 11 is 9.75. The van der Waals surface area contributed by atoms with E-state index in [0.29, 0.717) is 17.3 Å². The molecule has 0 atom stereocenters. The second kappa shape index (κ2) is 7.48. The quantitative estimate of drug-likeness (QED) is 0.518. The third-order valence-electron chi connectivity index (χ3n) is 3.92. The van der Waals surface area contributed by atoms with Crippen molar-refractivity contribution in [2.45, 2.75) is 6.54 Å². The zero-order chi connectivity index (χ0) is 17.9. The predicted octanol–water partition coefficient (Wildman–Crippen LogP) is 6.24. The Morgan fingerprint density at radius 2 is 1.77 bits per heavy atom. The summed E-state index contributed by atoms with van der Waals surface area (Å²) in [6, 6.07) is 19.0. The largest absolute Gasteiger partial charge is 0.455 e. The number of hydrogen-bond donors (Lipinski definition) is 1. The van der Waals surface area contributed by atoms with E-state index in [1.54, 1.807) is 0 Å². The van der Waals surface area contributed by atoms with Crippen LogP contribution in [0.5, 0.6) is 23.0 Å². The molecule has 0 saturated carbocycles. The van der Waals surface area contributed by atoms with E-state index in [2.05, 4.69) is 21.2 Å². The van der Waals surface area contributed by atoms with Crippen LogP contribution in [0, 0.1) is 0 Å². The first-order chi connectivity index (χ1) is 12.7. The van der Waals surface area contributed by atoms with Gasteiger partial charge in [-0.05, 0) is 48.0 Å². The van der Waals surface area contributed by atoms with Gasteiger partial charge in [-0.1, -0.05) is 45.7 Å². The Hall–Kier alpha value is -2.37. The number of fused-ring (bicyclic) bond motifs is 1. The molecule has 3 aromatic rings. The molecule has 0 radical (unpaired) electrons. The van der Waals surface area contributed by atoms with Gasteiger partial charge in [0.2, 0.25) is 6.79 Å². The minimum Gasteiger partial charge on any atom is -0.455 e. The van der Waals surface area contributed by atoms with Crippen LogP contribution in [0.1, 0.15) is 5.56 Å². The number of rotatable bonds is 5. The van der Waals surface area contributed by atoms with Gasteiger partial charge in [-0.3, -0.25) is 0 Å². The molecule has 1 aliphatic heterocycles. The number of ether oxygens (including phenoxy) is 3. The summed E-state index contributed by atoms with van der Waals surface area (Å²) in [4.78, 5) is 0. The summed E-state index contributed by atoms with van der Waals surface area (Å²) in [6.45, 7) is 0.824. The molecule has 0 amide bonds. The van der Waals surface area contributed by atoms with Crippen molar-refractivity contribution < 1.29 is 14.2 Å². The van der Waals surface area contributed by atoms with Crippen LogP contribution in [-0.2, 0) is 6.54 Å². The number of nitrogens with one attached hydrogen (secondary N) is 1. The molecule has 1 aliphatic rings. The highest BCUT2D eigenvalue weighted by molar-refractivity contribution is 9.10. The lowest BCUT2D eigenvalue weighted by Gasteiger charge is -2.14. The van der Waals surface area contributed by atoms with Crippen LogP contribution in [0.15, 0.2) is 65.1 Å². The first-order valence-corrected chi connectivity index (χ1v) is 9.20. The fraction of sp³-hybridized carbons (Fsp3) is 0.100. The summed E-state index contributed by atoms with van der Waals surface area (Å²) in [6.07, 6.45) is 0. The van der Waals surface area contributed by atoms with Gasteiger partial charge in [0.15, 0.2) is 17.2 Å². The molecule has 0 unspecified atom stereocenters. The Morgan fingerprint density at radius 3 is 2.58 bits per heavy atom. The summed E-state index contributed by atoms with van der Waals surface area (Å²) in [5.74, 6) is 2.97. The van der Waals surface area contributed by atoms with Crippen LogP contribution in [-0.4, -0.2) is 6.79 Å². The third kappa shape index (κ3) is 3.74. The molecule has 132 valence electrons. The van der Waals surface area contributed by atoms with Gasteiger partial charge in [0, 0.05) is 16.0 Å². The Balaban J connectivity index is 1.55. The lowest BCUT2D eigenvalue weighted by atomic mass is 10.2. The standard InChI is InChI=1S/C20H15BrClNO3/c21-16-10-20-19(24-12-25-20)8-13(16)11-23-17-9-14(22)6-7-18(17)26-15-4-2-1-3-5-15/h1-10,23H,11-12H2. The molecule has 4 rings (SSSR count). The molecular weight excluding hydrogens is 418 g/mol. The maximum absolute atomic E-state index is 6.17. The second-order valence-electron chi connectivity index (χ2n) is 5.71. The summed E-state index contributed by atoms with van der Waals surface area (Å²) < 4.78 is 17.8. The van der Waals surface area contributed by atoms with Crippen LogP contribution in [0.2, 0.25) is 5.02 Å². The molecule has 0 bridgehead atoms. The van der Waals surface area contributed by atoms with Gasteiger partial charge in [0.05, 0.1) is 5.69 Å². The number of hydrogen-bond acceptors (Lipinski definition) is 4. The minimum absolute atomic E-state index is 0.252. The smallest absolute Gasteiger partial charge is 0.231 e. The highest BCUT2D eigenvalue weighted by atomic mass is 79.9. The molecule has 0 aromatic heterocycles. The highest BCUT2D eigenvalue weighted by Gasteiger charge is 2.16. The number of benzene rings is 3. The van der Waals surface area contributed by atoms with Crippen LogP contribution >= 0.6 is 27.5 Å². The molecule has 1 N–H and O–H groups in total. The predicted molar refractivity (Wildman–Crippen MR) is 106 cm³/mol. The van der Waals surface area contributed by atoms with Crippen LogP contribution in [0.25, 0.3) is 0 Å². The zero-order valence-electron chi connectivity index (χ0n) is 13.7. The molecular formula is C20H15BrClNO3. The van der Waals surface area contributed by atoms with E-state index in [4.69, 9.17) is 25.8 Å². The summed E-state index contributed by atoms with van der Waals surface area (Å²) in [5, 5.41) is 4.02. The van der Waals surface area contributed by atoms with Gasteiger partial charge in [-0.25, -0.2) is 0 Å². The van der Waals surface area contributed by atoms with Gasteiger partial charge < -0.3 is 19.5 Å². The van der Waals surface area contributed by atoms with Crippen molar-refractivity contribution >= 4 is 33.2 Å². The number of anilines is 1. The fourth-order valence-corrected chi connectivity index (χ4v) is 3.26. The molecule has 6 heteroatoms. The van der Waals surface area contributed by atoms with Crippen LogP contribution in [0.3, 0.4) is 0 Å². The van der Waals surface area contributed by atoms with Gasteiger partial charge >= 0.3 is 0 Å². The molecule has 0 aliphatic carbocycles. The Kier molecular flexibility index (Phi) is 4.91. The number of halogens is 2. The first kappa shape index (κ1) is 17.1. The van der Waals surface area contributed by atoms with E-state index in [0.717, 1.165) is 33.0 Å². The van der Waals surface area contributed by atoms with E-state index in [9.17, 15) is 0 Å². The van der Waals surface area contributed by atoms with Gasteiger partial charge in [-0.15, -0.1) is 0 Å². The van der Waals surface area contributed by atoms with E-state index in [1.165, 1.54) is 0 Å². The maximum atomic E-state index is 6.17. The highest BCUT2D eigenvalue weighted by Crippen LogP contribution is 2.38. The summed E-state index contributed by atoms with van der Waals surface area (Å²) in [7, 11) is 0. The van der Waals surface area contributed by atoms with Crippen molar-refractivity contribution in [2.75, 3.05) is 12.1 Å². The van der Waals surface area contributed by atoms with E-state index >= 15 is 0 Å². The Bertz CT molecular complexity index is 934. The lowest BCUT2D eigenvalue weighted by molar-refractivity contribution is 0.174. The number of para-hydroxylation sites is 1. The average Bonchev–Trinajstić information content (AvgIpc) is 3.09. The lowest BCUT2D eigenvalue weighted by Crippen LogP contribution is -2.02. The topological polar surface area (TPSA) is 39.7 Å². The van der Waals surface area contributed by atoms with E-state index in [1.807, 2.05) is 60.7 Å².